The Morgan fingerprint density at radius 1 is 1.25 bits per heavy atom. The maximum absolute atomic E-state index is 10.9. The Bertz CT molecular complexity index is 534. The Kier molecular flexibility index (Phi) is 2.77. The van der Waals surface area contributed by atoms with Gasteiger partial charge >= 0.3 is 0 Å². The molecule has 2 aromatic rings. The SMILES string of the molecule is CC(=O)NCc1c(O)ccc2ccccc12. The summed E-state index contributed by atoms with van der Waals surface area (Å²) in [5.74, 6) is 0.111. The normalized spacial score (nSPS) is 10.3. The molecule has 0 aliphatic rings. The number of carbonyl (C=O) groups excluding carboxylic acids is 1. The molecule has 0 saturated heterocycles. The van der Waals surface area contributed by atoms with Crippen molar-refractivity contribution in [2.75, 3.05) is 0 Å². The fraction of sp³-hybridized carbons (Fsp3) is 0.154. The highest BCUT2D eigenvalue weighted by Gasteiger charge is 2.06. The first kappa shape index (κ1) is 10.5. The molecule has 1 amide bonds. The van der Waals surface area contributed by atoms with Gasteiger partial charge in [-0.25, -0.2) is 0 Å². The molecule has 0 heterocycles. The van der Waals surface area contributed by atoms with Crippen molar-refractivity contribution in [2.45, 2.75) is 13.5 Å². The zero-order chi connectivity index (χ0) is 11.5. The number of hydrogen-bond donors (Lipinski definition) is 2. The van der Waals surface area contributed by atoms with Crippen LogP contribution in [0, 0.1) is 0 Å². The largest absolute Gasteiger partial charge is 0.508 e. The fourth-order valence-electron chi connectivity index (χ4n) is 1.72. The van der Waals surface area contributed by atoms with E-state index in [0.29, 0.717) is 6.54 Å². The first-order valence-corrected chi connectivity index (χ1v) is 5.12. The Morgan fingerprint density at radius 2 is 2.00 bits per heavy atom. The Labute approximate surface area is 93.7 Å². The molecule has 0 aliphatic carbocycles. The van der Waals surface area contributed by atoms with E-state index in [4.69, 9.17) is 0 Å². The minimum atomic E-state index is -0.104. The zero-order valence-corrected chi connectivity index (χ0v) is 9.03. The molecule has 2 N–H and O–H groups in total. The highest BCUT2D eigenvalue weighted by atomic mass is 16.3. The Hall–Kier alpha value is -2.03. The van der Waals surface area contributed by atoms with Gasteiger partial charge in [0.25, 0.3) is 0 Å². The Balaban J connectivity index is 2.48. The molecule has 2 aromatic carbocycles. The van der Waals surface area contributed by atoms with Crippen LogP contribution in [0.25, 0.3) is 10.8 Å². The smallest absolute Gasteiger partial charge is 0.217 e. The summed E-state index contributed by atoms with van der Waals surface area (Å²) in [7, 11) is 0. The van der Waals surface area contributed by atoms with E-state index in [2.05, 4.69) is 5.32 Å². The molecular formula is C13H13NO2. The lowest BCUT2D eigenvalue weighted by Crippen LogP contribution is -2.19. The third kappa shape index (κ3) is 1.98. The van der Waals surface area contributed by atoms with E-state index in [9.17, 15) is 9.90 Å². The molecule has 0 atom stereocenters. The van der Waals surface area contributed by atoms with Crippen LogP contribution in [0.5, 0.6) is 5.75 Å². The van der Waals surface area contributed by atoms with E-state index < -0.39 is 0 Å². The molecule has 3 heteroatoms. The van der Waals surface area contributed by atoms with Crippen LogP contribution in [0.1, 0.15) is 12.5 Å². The number of carbonyl (C=O) groups is 1. The molecule has 0 aromatic heterocycles. The quantitative estimate of drug-likeness (QED) is 0.806. The fourth-order valence-corrected chi connectivity index (χ4v) is 1.72. The molecule has 16 heavy (non-hydrogen) atoms. The van der Waals surface area contributed by atoms with Gasteiger partial charge in [0.1, 0.15) is 5.75 Å². The van der Waals surface area contributed by atoms with Crippen LogP contribution in [0.15, 0.2) is 36.4 Å². The van der Waals surface area contributed by atoms with Crippen LogP contribution < -0.4 is 5.32 Å². The average Bonchev–Trinajstić information content (AvgIpc) is 2.27. The second kappa shape index (κ2) is 4.23. The van der Waals surface area contributed by atoms with Crippen LogP contribution >= 0.6 is 0 Å². The zero-order valence-electron chi connectivity index (χ0n) is 9.03. The van der Waals surface area contributed by atoms with Crippen LogP contribution in [0.3, 0.4) is 0 Å². The molecule has 2 rings (SSSR count). The van der Waals surface area contributed by atoms with Crippen molar-refractivity contribution in [1.82, 2.24) is 5.32 Å². The summed E-state index contributed by atoms with van der Waals surface area (Å²) >= 11 is 0. The third-order valence-electron chi connectivity index (χ3n) is 2.53. The van der Waals surface area contributed by atoms with Gasteiger partial charge in [-0.2, -0.15) is 0 Å². The van der Waals surface area contributed by atoms with Crippen molar-refractivity contribution < 1.29 is 9.90 Å². The van der Waals surface area contributed by atoms with Gasteiger partial charge in [0.2, 0.25) is 5.91 Å². The van der Waals surface area contributed by atoms with E-state index >= 15 is 0 Å². The predicted octanol–water partition coefficient (Wildman–Crippen LogP) is 2.18. The number of aromatic hydroxyl groups is 1. The van der Waals surface area contributed by atoms with Gasteiger partial charge in [0, 0.05) is 19.0 Å². The maximum Gasteiger partial charge on any atom is 0.217 e. The monoisotopic (exact) mass is 215 g/mol. The standard InChI is InChI=1S/C13H13NO2/c1-9(15)14-8-12-11-5-3-2-4-10(11)6-7-13(12)16/h2-7,16H,8H2,1H3,(H,14,15). The highest BCUT2D eigenvalue weighted by Crippen LogP contribution is 2.26. The minimum absolute atomic E-state index is 0.104. The molecule has 0 unspecified atom stereocenters. The highest BCUT2D eigenvalue weighted by molar-refractivity contribution is 5.88. The summed E-state index contributed by atoms with van der Waals surface area (Å²) in [4.78, 5) is 10.9. The molecular weight excluding hydrogens is 202 g/mol. The van der Waals surface area contributed by atoms with Crippen LogP contribution in [0.2, 0.25) is 0 Å². The summed E-state index contributed by atoms with van der Waals surface area (Å²) < 4.78 is 0. The number of fused-ring (bicyclic) bond motifs is 1. The molecule has 0 saturated carbocycles. The van der Waals surface area contributed by atoms with E-state index in [1.807, 2.05) is 30.3 Å². The van der Waals surface area contributed by atoms with Crippen LogP contribution in [0.4, 0.5) is 0 Å². The lowest BCUT2D eigenvalue weighted by Gasteiger charge is -2.09. The number of phenols is 1. The van der Waals surface area contributed by atoms with E-state index in [1.54, 1.807) is 6.07 Å². The second-order valence-electron chi connectivity index (χ2n) is 3.69. The number of amides is 1. The number of benzene rings is 2. The van der Waals surface area contributed by atoms with Gasteiger partial charge in [0.15, 0.2) is 0 Å². The van der Waals surface area contributed by atoms with Crippen molar-refractivity contribution in [3.8, 4) is 5.75 Å². The van der Waals surface area contributed by atoms with Crippen molar-refractivity contribution in [1.29, 1.82) is 0 Å². The third-order valence-corrected chi connectivity index (χ3v) is 2.53. The average molecular weight is 215 g/mol. The van der Waals surface area contributed by atoms with E-state index in [0.717, 1.165) is 16.3 Å². The van der Waals surface area contributed by atoms with Gasteiger partial charge in [-0.1, -0.05) is 30.3 Å². The van der Waals surface area contributed by atoms with Crippen molar-refractivity contribution >= 4 is 16.7 Å². The summed E-state index contributed by atoms with van der Waals surface area (Å²) in [6.07, 6.45) is 0. The predicted molar refractivity (Wildman–Crippen MR) is 63.1 cm³/mol. The van der Waals surface area contributed by atoms with Crippen LogP contribution in [-0.4, -0.2) is 11.0 Å². The summed E-state index contributed by atoms with van der Waals surface area (Å²) in [6, 6.07) is 11.3. The van der Waals surface area contributed by atoms with Crippen molar-refractivity contribution in [3.05, 3.63) is 42.0 Å². The molecule has 0 aliphatic heterocycles. The Morgan fingerprint density at radius 3 is 2.75 bits per heavy atom. The summed E-state index contributed by atoms with van der Waals surface area (Å²) in [6.45, 7) is 1.81. The molecule has 82 valence electrons. The number of hydrogen-bond acceptors (Lipinski definition) is 2. The molecule has 0 bridgehead atoms. The van der Waals surface area contributed by atoms with E-state index in [1.165, 1.54) is 6.92 Å². The first-order chi connectivity index (χ1) is 7.68. The summed E-state index contributed by atoms with van der Waals surface area (Å²) in [5, 5.41) is 14.5. The molecule has 3 nitrogen and oxygen atoms in total. The van der Waals surface area contributed by atoms with Gasteiger partial charge in [-0.15, -0.1) is 0 Å². The van der Waals surface area contributed by atoms with Gasteiger partial charge in [0.05, 0.1) is 0 Å². The lowest BCUT2D eigenvalue weighted by atomic mass is 10.0. The number of phenolic OH excluding ortho intramolecular Hbond substituents is 1. The summed E-state index contributed by atoms with van der Waals surface area (Å²) in [5.41, 5.74) is 0.758. The first-order valence-electron chi connectivity index (χ1n) is 5.12. The van der Waals surface area contributed by atoms with Crippen molar-refractivity contribution in [3.63, 3.8) is 0 Å². The van der Waals surface area contributed by atoms with Gasteiger partial charge < -0.3 is 10.4 Å². The van der Waals surface area contributed by atoms with Gasteiger partial charge in [-0.05, 0) is 16.8 Å². The molecule has 0 spiro atoms. The minimum Gasteiger partial charge on any atom is -0.508 e. The maximum atomic E-state index is 10.9. The second-order valence-corrected chi connectivity index (χ2v) is 3.69. The lowest BCUT2D eigenvalue weighted by molar-refractivity contribution is -0.119. The molecule has 0 radical (unpaired) electrons. The molecule has 0 fully saturated rings. The topological polar surface area (TPSA) is 49.3 Å². The number of nitrogens with one attached hydrogen (secondary N) is 1. The van der Waals surface area contributed by atoms with Crippen LogP contribution in [-0.2, 0) is 11.3 Å². The van der Waals surface area contributed by atoms with E-state index in [-0.39, 0.29) is 11.7 Å². The number of rotatable bonds is 2. The van der Waals surface area contributed by atoms with Gasteiger partial charge in [-0.3, -0.25) is 4.79 Å². The van der Waals surface area contributed by atoms with Crippen molar-refractivity contribution in [2.24, 2.45) is 0 Å².